The fourth-order valence-corrected chi connectivity index (χ4v) is 2.48. The minimum atomic E-state index is -0.216. The molecule has 0 bridgehead atoms. The van der Waals surface area contributed by atoms with E-state index in [1.54, 1.807) is 4.90 Å². The van der Waals surface area contributed by atoms with Crippen molar-refractivity contribution in [2.45, 2.75) is 6.42 Å². The molecule has 7 nitrogen and oxygen atoms in total. The van der Waals surface area contributed by atoms with E-state index in [4.69, 9.17) is 14.7 Å². The van der Waals surface area contributed by atoms with Crippen molar-refractivity contribution in [1.82, 2.24) is 15.1 Å². The van der Waals surface area contributed by atoms with Gasteiger partial charge in [-0.05, 0) is 13.0 Å². The number of hydrogen-bond acceptors (Lipinski definition) is 6. The first-order valence-corrected chi connectivity index (χ1v) is 7.82. The quantitative estimate of drug-likeness (QED) is 0.407. The number of rotatable bonds is 6. The summed E-state index contributed by atoms with van der Waals surface area (Å²) < 4.78 is 10.5. The summed E-state index contributed by atoms with van der Waals surface area (Å²) >= 11 is 0. The highest BCUT2D eigenvalue weighted by atomic mass is 16.5. The average Bonchev–Trinajstić information content (AvgIpc) is 2.59. The van der Waals surface area contributed by atoms with Gasteiger partial charge in [-0.2, -0.15) is 5.26 Å². The van der Waals surface area contributed by atoms with Crippen molar-refractivity contribution in [3.05, 3.63) is 11.8 Å². The van der Waals surface area contributed by atoms with Crippen LogP contribution in [0.15, 0.2) is 11.8 Å². The standard InChI is InChI=1S/C15H24N4O3/c16-12-14(15(20)19-6-10-22-11-7-19)13-17-2-1-3-18-4-8-21-9-5-18/h13,17H,1-11H2/b14-13-. The van der Waals surface area contributed by atoms with Gasteiger partial charge in [0.05, 0.1) is 26.4 Å². The predicted octanol–water partition coefficient (Wildman–Crippen LogP) is -0.435. The van der Waals surface area contributed by atoms with Crippen LogP contribution in [0.1, 0.15) is 6.42 Å². The molecule has 2 rings (SSSR count). The summed E-state index contributed by atoms with van der Waals surface area (Å²) in [6, 6.07) is 1.98. The van der Waals surface area contributed by atoms with Crippen LogP contribution < -0.4 is 5.32 Å². The highest BCUT2D eigenvalue weighted by molar-refractivity contribution is 5.97. The molecule has 2 aliphatic heterocycles. The van der Waals surface area contributed by atoms with Crippen LogP contribution in [0.5, 0.6) is 0 Å². The Labute approximate surface area is 131 Å². The van der Waals surface area contributed by atoms with Gasteiger partial charge in [0.1, 0.15) is 11.6 Å². The Balaban J connectivity index is 1.68. The summed E-state index contributed by atoms with van der Waals surface area (Å²) in [7, 11) is 0. The lowest BCUT2D eigenvalue weighted by molar-refractivity contribution is -0.130. The first-order valence-electron chi connectivity index (χ1n) is 7.82. The molecular formula is C15H24N4O3. The molecule has 0 aromatic heterocycles. The number of nitrogens with one attached hydrogen (secondary N) is 1. The number of morpholine rings is 2. The zero-order chi connectivity index (χ0) is 15.6. The van der Waals surface area contributed by atoms with Crippen LogP contribution >= 0.6 is 0 Å². The van der Waals surface area contributed by atoms with Crippen molar-refractivity contribution in [1.29, 1.82) is 5.26 Å². The number of carbonyl (C=O) groups is 1. The van der Waals surface area contributed by atoms with Crippen LogP contribution in [-0.2, 0) is 14.3 Å². The maximum atomic E-state index is 12.2. The lowest BCUT2D eigenvalue weighted by atomic mass is 10.2. The average molecular weight is 308 g/mol. The van der Waals surface area contributed by atoms with Gasteiger partial charge in [-0.3, -0.25) is 9.69 Å². The number of nitriles is 1. The summed E-state index contributed by atoms with van der Waals surface area (Å²) in [5.74, 6) is -0.216. The molecule has 2 aliphatic rings. The molecule has 2 heterocycles. The van der Waals surface area contributed by atoms with Crippen LogP contribution in [-0.4, -0.2) is 81.4 Å². The third kappa shape index (κ3) is 5.30. The molecule has 0 radical (unpaired) electrons. The first-order chi connectivity index (χ1) is 10.8. The van der Waals surface area contributed by atoms with E-state index in [2.05, 4.69) is 10.2 Å². The van der Waals surface area contributed by atoms with Crippen molar-refractivity contribution in [3.8, 4) is 6.07 Å². The molecule has 22 heavy (non-hydrogen) atoms. The van der Waals surface area contributed by atoms with Gasteiger partial charge in [0.15, 0.2) is 0 Å². The highest BCUT2D eigenvalue weighted by Gasteiger charge is 2.20. The van der Waals surface area contributed by atoms with Crippen molar-refractivity contribution < 1.29 is 14.3 Å². The second kappa shape index (κ2) is 9.41. The maximum absolute atomic E-state index is 12.2. The Morgan fingerprint density at radius 1 is 1.14 bits per heavy atom. The van der Waals surface area contributed by atoms with E-state index in [-0.39, 0.29) is 11.5 Å². The molecule has 0 aromatic rings. The van der Waals surface area contributed by atoms with Crippen molar-refractivity contribution >= 4 is 5.91 Å². The van der Waals surface area contributed by atoms with Gasteiger partial charge in [-0.25, -0.2) is 0 Å². The van der Waals surface area contributed by atoms with Gasteiger partial charge in [-0.1, -0.05) is 0 Å². The van der Waals surface area contributed by atoms with Crippen molar-refractivity contribution in [2.24, 2.45) is 0 Å². The number of amides is 1. The number of ether oxygens (including phenoxy) is 2. The zero-order valence-corrected chi connectivity index (χ0v) is 12.9. The van der Waals surface area contributed by atoms with Gasteiger partial charge in [0.2, 0.25) is 0 Å². The Morgan fingerprint density at radius 2 is 1.77 bits per heavy atom. The minimum absolute atomic E-state index is 0.160. The number of carbonyl (C=O) groups excluding carboxylic acids is 1. The molecule has 0 aliphatic carbocycles. The minimum Gasteiger partial charge on any atom is -0.390 e. The van der Waals surface area contributed by atoms with Gasteiger partial charge >= 0.3 is 0 Å². The normalized spacial score (nSPS) is 20.5. The number of hydrogen-bond donors (Lipinski definition) is 1. The Kier molecular flexibility index (Phi) is 7.16. The Hall–Kier alpha value is -1.62. The number of nitrogens with zero attached hydrogens (tertiary/aromatic N) is 3. The van der Waals surface area contributed by atoms with Crippen LogP contribution in [0.2, 0.25) is 0 Å². The van der Waals surface area contributed by atoms with Crippen molar-refractivity contribution in [2.75, 3.05) is 65.7 Å². The fraction of sp³-hybridized carbons (Fsp3) is 0.733. The summed E-state index contributed by atoms with van der Waals surface area (Å²) in [5.41, 5.74) is 0.160. The molecule has 0 atom stereocenters. The molecule has 0 saturated carbocycles. The third-order valence-corrected chi connectivity index (χ3v) is 3.79. The second-order valence-corrected chi connectivity index (χ2v) is 5.34. The molecule has 1 N–H and O–H groups in total. The topological polar surface area (TPSA) is 77.8 Å². The van der Waals surface area contributed by atoms with E-state index in [9.17, 15) is 4.79 Å². The van der Waals surface area contributed by atoms with Crippen LogP contribution in [0.25, 0.3) is 0 Å². The smallest absolute Gasteiger partial charge is 0.266 e. The molecule has 0 spiro atoms. The van der Waals surface area contributed by atoms with Gasteiger partial charge in [0, 0.05) is 38.9 Å². The summed E-state index contributed by atoms with van der Waals surface area (Å²) in [6.45, 7) is 7.50. The lowest BCUT2D eigenvalue weighted by Gasteiger charge is -2.26. The second-order valence-electron chi connectivity index (χ2n) is 5.34. The fourth-order valence-electron chi connectivity index (χ4n) is 2.48. The molecule has 1 amide bonds. The Bertz CT molecular complexity index is 421. The van der Waals surface area contributed by atoms with E-state index >= 15 is 0 Å². The first kappa shape index (κ1) is 16.7. The largest absolute Gasteiger partial charge is 0.390 e. The third-order valence-electron chi connectivity index (χ3n) is 3.79. The molecule has 2 fully saturated rings. The molecule has 0 unspecified atom stereocenters. The maximum Gasteiger partial charge on any atom is 0.266 e. The SMILES string of the molecule is N#C/C(=C/NCCCN1CCOCC1)C(=O)N1CCOCC1. The molecule has 122 valence electrons. The summed E-state index contributed by atoms with van der Waals surface area (Å²) in [5, 5.41) is 12.2. The van der Waals surface area contributed by atoms with E-state index < -0.39 is 0 Å². The van der Waals surface area contributed by atoms with Crippen LogP contribution in [0, 0.1) is 11.3 Å². The van der Waals surface area contributed by atoms with E-state index in [0.717, 1.165) is 45.8 Å². The van der Waals surface area contributed by atoms with E-state index in [1.807, 2.05) is 6.07 Å². The summed E-state index contributed by atoms with van der Waals surface area (Å²) in [4.78, 5) is 16.2. The van der Waals surface area contributed by atoms with Crippen LogP contribution in [0.4, 0.5) is 0 Å². The predicted molar refractivity (Wildman–Crippen MR) is 81.0 cm³/mol. The molecular weight excluding hydrogens is 284 g/mol. The zero-order valence-electron chi connectivity index (χ0n) is 12.9. The molecule has 2 saturated heterocycles. The van der Waals surface area contributed by atoms with Crippen molar-refractivity contribution in [3.63, 3.8) is 0 Å². The van der Waals surface area contributed by atoms with E-state index in [1.165, 1.54) is 6.20 Å². The highest BCUT2D eigenvalue weighted by Crippen LogP contribution is 2.04. The molecule has 7 heteroatoms. The van der Waals surface area contributed by atoms with Gasteiger partial charge in [0.25, 0.3) is 5.91 Å². The van der Waals surface area contributed by atoms with E-state index in [0.29, 0.717) is 26.3 Å². The Morgan fingerprint density at radius 3 is 2.41 bits per heavy atom. The van der Waals surface area contributed by atoms with Crippen LogP contribution in [0.3, 0.4) is 0 Å². The lowest BCUT2D eigenvalue weighted by Crippen LogP contribution is -2.41. The summed E-state index contributed by atoms with van der Waals surface area (Å²) in [6.07, 6.45) is 2.51. The van der Waals surface area contributed by atoms with Gasteiger partial charge in [-0.15, -0.1) is 0 Å². The van der Waals surface area contributed by atoms with Gasteiger partial charge < -0.3 is 19.7 Å². The molecule has 0 aromatic carbocycles. The monoisotopic (exact) mass is 308 g/mol.